The third-order valence-corrected chi connectivity index (χ3v) is 3.80. The van der Waals surface area contributed by atoms with E-state index in [4.69, 9.17) is 4.74 Å². The predicted molar refractivity (Wildman–Crippen MR) is 84.5 cm³/mol. The van der Waals surface area contributed by atoms with Crippen molar-refractivity contribution >= 4 is 5.97 Å². The maximum Gasteiger partial charge on any atom is 0.312 e. The van der Waals surface area contributed by atoms with Crippen molar-refractivity contribution in [2.24, 2.45) is 11.3 Å². The Morgan fingerprint density at radius 1 is 1.45 bits per heavy atom. The van der Waals surface area contributed by atoms with Gasteiger partial charge in [-0.1, -0.05) is 37.1 Å². The first-order chi connectivity index (χ1) is 9.33. The number of allylic oxidation sites excluding steroid dienone is 4. The molecule has 1 rings (SSSR count). The van der Waals surface area contributed by atoms with Crippen molar-refractivity contribution in [1.29, 1.82) is 0 Å². The summed E-state index contributed by atoms with van der Waals surface area (Å²) in [5, 5.41) is 0. The largest absolute Gasteiger partial charge is 0.465 e. The minimum absolute atomic E-state index is 0.0148. The van der Waals surface area contributed by atoms with Gasteiger partial charge in [0.1, 0.15) is 0 Å². The first kappa shape index (κ1) is 17.0. The van der Waals surface area contributed by atoms with Crippen molar-refractivity contribution in [2.75, 3.05) is 6.61 Å². The van der Waals surface area contributed by atoms with Crippen LogP contribution >= 0.6 is 0 Å². The van der Waals surface area contributed by atoms with Crippen LogP contribution in [0.15, 0.2) is 23.3 Å². The molecule has 0 heterocycles. The zero-order valence-corrected chi connectivity index (χ0v) is 13.8. The lowest BCUT2D eigenvalue weighted by Gasteiger charge is -2.31. The topological polar surface area (TPSA) is 26.3 Å². The van der Waals surface area contributed by atoms with Crippen LogP contribution in [0.25, 0.3) is 0 Å². The summed E-state index contributed by atoms with van der Waals surface area (Å²) in [6.07, 6.45) is 9.50. The van der Waals surface area contributed by atoms with E-state index in [1.807, 2.05) is 0 Å². The third-order valence-electron chi connectivity index (χ3n) is 3.80. The number of carbonyl (C=O) groups excluding carboxylic acids is 1. The van der Waals surface area contributed by atoms with E-state index in [1.54, 1.807) is 0 Å². The van der Waals surface area contributed by atoms with Crippen LogP contribution in [0.5, 0.6) is 0 Å². The first-order valence-corrected chi connectivity index (χ1v) is 7.82. The smallest absolute Gasteiger partial charge is 0.312 e. The summed E-state index contributed by atoms with van der Waals surface area (Å²) in [6.45, 7) is 11.0. The van der Waals surface area contributed by atoms with E-state index < -0.39 is 0 Å². The average Bonchev–Trinajstić information content (AvgIpc) is 2.35. The summed E-state index contributed by atoms with van der Waals surface area (Å²) in [5.74, 6) is 0.387. The second kappa shape index (κ2) is 7.66. The van der Waals surface area contributed by atoms with E-state index in [9.17, 15) is 4.79 Å². The van der Waals surface area contributed by atoms with Crippen molar-refractivity contribution in [2.45, 2.75) is 66.7 Å². The van der Waals surface area contributed by atoms with E-state index in [2.05, 4.69) is 46.8 Å². The minimum atomic E-state index is -0.316. The minimum Gasteiger partial charge on any atom is -0.465 e. The fraction of sp³-hybridized carbons (Fsp3) is 0.722. The number of rotatable bonds is 6. The Bertz CT molecular complexity index is 386. The Balaban J connectivity index is 2.54. The maximum absolute atomic E-state index is 12.3. The monoisotopic (exact) mass is 278 g/mol. The van der Waals surface area contributed by atoms with Crippen LogP contribution in [-0.4, -0.2) is 12.6 Å². The zero-order chi connectivity index (χ0) is 15.2. The molecule has 0 N–H and O–H groups in total. The molecule has 0 amide bonds. The normalized spacial score (nSPS) is 22.4. The number of hydrogen-bond acceptors (Lipinski definition) is 2. The lowest BCUT2D eigenvalue weighted by molar-refractivity contribution is -0.156. The van der Waals surface area contributed by atoms with Gasteiger partial charge in [-0.05, 0) is 58.8 Å². The van der Waals surface area contributed by atoms with E-state index >= 15 is 0 Å². The van der Waals surface area contributed by atoms with Gasteiger partial charge in [0.2, 0.25) is 0 Å². The van der Waals surface area contributed by atoms with Crippen LogP contribution in [-0.2, 0) is 9.53 Å². The molecule has 0 aliphatic heterocycles. The van der Waals surface area contributed by atoms with Gasteiger partial charge in [0.05, 0.1) is 12.0 Å². The van der Waals surface area contributed by atoms with Crippen molar-refractivity contribution in [1.82, 2.24) is 0 Å². The fourth-order valence-electron chi connectivity index (χ4n) is 2.58. The highest BCUT2D eigenvalue weighted by Gasteiger charge is 2.36. The highest BCUT2D eigenvalue weighted by atomic mass is 16.5. The van der Waals surface area contributed by atoms with Crippen LogP contribution < -0.4 is 0 Å². The quantitative estimate of drug-likeness (QED) is 0.502. The van der Waals surface area contributed by atoms with Crippen LogP contribution in [0.1, 0.15) is 66.7 Å². The second-order valence-corrected chi connectivity index (χ2v) is 6.95. The molecule has 0 spiro atoms. The summed E-state index contributed by atoms with van der Waals surface area (Å²) < 4.78 is 5.46. The van der Waals surface area contributed by atoms with Gasteiger partial charge in [0, 0.05) is 0 Å². The van der Waals surface area contributed by atoms with E-state index in [1.165, 1.54) is 11.1 Å². The highest BCUT2D eigenvalue weighted by molar-refractivity contribution is 5.77. The van der Waals surface area contributed by atoms with E-state index in [0.717, 1.165) is 32.1 Å². The molecule has 0 saturated heterocycles. The van der Waals surface area contributed by atoms with E-state index in [0.29, 0.717) is 12.5 Å². The molecule has 1 atom stereocenters. The second-order valence-electron chi connectivity index (χ2n) is 6.95. The summed E-state index contributed by atoms with van der Waals surface area (Å²) in [5.41, 5.74) is 2.46. The van der Waals surface area contributed by atoms with Gasteiger partial charge in [0.25, 0.3) is 0 Å². The molecule has 0 bridgehead atoms. The van der Waals surface area contributed by atoms with Gasteiger partial charge in [0.15, 0.2) is 0 Å². The highest BCUT2D eigenvalue weighted by Crippen LogP contribution is 2.38. The molecule has 2 nitrogen and oxygen atoms in total. The molecule has 1 aliphatic carbocycles. The standard InChI is InChI=1S/C18H30O2/c1-14(2)8-6-9-16-10-7-11-18(5,12-16)17(19)20-13-15(3)4/h8,10,15H,6-7,9,11-13H2,1-5H3. The molecule has 2 heteroatoms. The fourth-order valence-corrected chi connectivity index (χ4v) is 2.58. The van der Waals surface area contributed by atoms with Crippen molar-refractivity contribution in [3.05, 3.63) is 23.3 Å². The van der Waals surface area contributed by atoms with Gasteiger partial charge in [-0.15, -0.1) is 0 Å². The Morgan fingerprint density at radius 2 is 2.15 bits per heavy atom. The first-order valence-electron chi connectivity index (χ1n) is 7.82. The van der Waals surface area contributed by atoms with Gasteiger partial charge < -0.3 is 4.74 Å². The molecule has 0 aromatic heterocycles. The summed E-state index contributed by atoms with van der Waals surface area (Å²) in [6, 6.07) is 0. The summed E-state index contributed by atoms with van der Waals surface area (Å²) in [4.78, 5) is 12.3. The lowest BCUT2D eigenvalue weighted by atomic mass is 9.74. The number of esters is 1. The molecule has 0 radical (unpaired) electrons. The zero-order valence-electron chi connectivity index (χ0n) is 13.8. The summed E-state index contributed by atoms with van der Waals surface area (Å²) in [7, 11) is 0. The van der Waals surface area contributed by atoms with Crippen molar-refractivity contribution in [3.8, 4) is 0 Å². The molecule has 114 valence electrons. The number of ether oxygens (including phenoxy) is 1. The van der Waals surface area contributed by atoms with Gasteiger partial charge in [-0.25, -0.2) is 0 Å². The Labute approximate surface area is 124 Å². The molecule has 0 aromatic carbocycles. The van der Waals surface area contributed by atoms with Crippen LogP contribution in [0.3, 0.4) is 0 Å². The van der Waals surface area contributed by atoms with Crippen molar-refractivity contribution in [3.63, 3.8) is 0 Å². The average molecular weight is 278 g/mol. The Kier molecular flexibility index (Phi) is 6.51. The van der Waals surface area contributed by atoms with Crippen LogP contribution in [0, 0.1) is 11.3 Å². The van der Waals surface area contributed by atoms with Gasteiger partial charge in [-0.2, -0.15) is 0 Å². The molecular weight excluding hydrogens is 248 g/mol. The molecule has 0 saturated carbocycles. The SMILES string of the molecule is CC(C)=CCCC1=CCCC(C)(C(=O)OCC(C)C)C1. The molecule has 0 aromatic rings. The molecular formula is C18H30O2. The molecule has 0 fully saturated rings. The lowest BCUT2D eigenvalue weighted by Crippen LogP contribution is -2.33. The van der Waals surface area contributed by atoms with Crippen LogP contribution in [0.2, 0.25) is 0 Å². The van der Waals surface area contributed by atoms with E-state index in [-0.39, 0.29) is 11.4 Å². The van der Waals surface area contributed by atoms with Gasteiger partial charge >= 0.3 is 5.97 Å². The Hall–Kier alpha value is -1.05. The molecule has 1 aliphatic rings. The maximum atomic E-state index is 12.3. The van der Waals surface area contributed by atoms with Crippen LogP contribution in [0.4, 0.5) is 0 Å². The predicted octanol–water partition coefficient (Wildman–Crippen LogP) is 5.05. The van der Waals surface area contributed by atoms with Gasteiger partial charge in [-0.3, -0.25) is 4.79 Å². The molecule has 20 heavy (non-hydrogen) atoms. The third kappa shape index (κ3) is 5.52. The molecule has 1 unspecified atom stereocenters. The number of carbonyl (C=O) groups is 1. The van der Waals surface area contributed by atoms with Crippen molar-refractivity contribution < 1.29 is 9.53 Å². The number of hydrogen-bond donors (Lipinski definition) is 0. The Morgan fingerprint density at radius 3 is 2.75 bits per heavy atom. The summed E-state index contributed by atoms with van der Waals surface area (Å²) >= 11 is 0.